The average Bonchev–Trinajstić information content (AvgIpc) is 3.23. The first-order chi connectivity index (χ1) is 12.1. The smallest absolute Gasteiger partial charge is 0.317 e. The molecule has 2 fully saturated rings. The van der Waals surface area contributed by atoms with Gasteiger partial charge in [0.2, 0.25) is 5.91 Å². The second kappa shape index (κ2) is 8.42. The van der Waals surface area contributed by atoms with Crippen LogP contribution < -0.4 is 5.32 Å². The minimum atomic E-state index is 0.0276. The predicted molar refractivity (Wildman–Crippen MR) is 103 cm³/mol. The largest absolute Gasteiger partial charge is 0.338 e. The molecule has 1 N–H and O–H groups in total. The SMILES string of the molecule is CCNC(=O)N1CCN(CCN2C(=O)[C@@H](C)S[C@H]2c2cccs2)CC1. The summed E-state index contributed by atoms with van der Waals surface area (Å²) in [7, 11) is 0. The van der Waals surface area contributed by atoms with Gasteiger partial charge in [-0.2, -0.15) is 0 Å². The van der Waals surface area contributed by atoms with Crippen molar-refractivity contribution in [2.45, 2.75) is 24.5 Å². The first-order valence-electron chi connectivity index (χ1n) is 8.84. The number of hydrogen-bond donors (Lipinski definition) is 1. The number of rotatable bonds is 5. The van der Waals surface area contributed by atoms with Crippen LogP contribution in [-0.4, -0.2) is 77.7 Å². The third kappa shape index (κ3) is 4.30. The molecule has 0 spiro atoms. The van der Waals surface area contributed by atoms with E-state index in [0.29, 0.717) is 6.54 Å². The average molecular weight is 383 g/mol. The number of carbonyl (C=O) groups excluding carboxylic acids is 2. The van der Waals surface area contributed by atoms with Crippen LogP contribution in [0.2, 0.25) is 0 Å². The van der Waals surface area contributed by atoms with E-state index in [1.165, 1.54) is 4.88 Å². The summed E-state index contributed by atoms with van der Waals surface area (Å²) in [5, 5.41) is 5.11. The predicted octanol–water partition coefficient (Wildman–Crippen LogP) is 2.06. The van der Waals surface area contributed by atoms with Crippen molar-refractivity contribution in [3.63, 3.8) is 0 Å². The van der Waals surface area contributed by atoms with Gasteiger partial charge >= 0.3 is 6.03 Å². The van der Waals surface area contributed by atoms with E-state index in [9.17, 15) is 9.59 Å². The van der Waals surface area contributed by atoms with Crippen LogP contribution in [0, 0.1) is 0 Å². The van der Waals surface area contributed by atoms with Crippen molar-refractivity contribution in [2.24, 2.45) is 0 Å². The molecule has 2 aliphatic rings. The standard InChI is InChI=1S/C17H26N4O2S2/c1-3-18-17(23)20-9-6-19(7-10-20)8-11-21-15(22)13(2)25-16(21)14-5-4-12-24-14/h4-5,12-13,16H,3,6-11H2,1-2H3,(H,18,23)/t13-,16+/m1/s1. The fourth-order valence-electron chi connectivity index (χ4n) is 3.24. The summed E-state index contributed by atoms with van der Waals surface area (Å²) in [6, 6.07) is 4.19. The molecule has 0 bridgehead atoms. The summed E-state index contributed by atoms with van der Waals surface area (Å²) in [6.45, 7) is 9.44. The lowest BCUT2D eigenvalue weighted by atomic mass is 10.3. The number of thiophene rings is 1. The lowest BCUT2D eigenvalue weighted by Gasteiger charge is -2.35. The van der Waals surface area contributed by atoms with Crippen molar-refractivity contribution in [1.29, 1.82) is 0 Å². The number of piperazine rings is 1. The molecule has 0 saturated carbocycles. The molecular weight excluding hydrogens is 356 g/mol. The topological polar surface area (TPSA) is 55.9 Å². The second-order valence-electron chi connectivity index (χ2n) is 6.34. The highest BCUT2D eigenvalue weighted by atomic mass is 32.2. The van der Waals surface area contributed by atoms with E-state index in [-0.39, 0.29) is 22.6 Å². The van der Waals surface area contributed by atoms with Gasteiger partial charge in [0, 0.05) is 50.7 Å². The summed E-state index contributed by atoms with van der Waals surface area (Å²) < 4.78 is 0. The molecule has 6 nitrogen and oxygen atoms in total. The fourth-order valence-corrected chi connectivity index (χ4v) is 5.50. The Morgan fingerprint density at radius 2 is 2.04 bits per heavy atom. The number of nitrogens with zero attached hydrogens (tertiary/aromatic N) is 3. The number of urea groups is 1. The lowest BCUT2D eigenvalue weighted by Crippen LogP contribution is -2.53. The Bertz CT molecular complexity index is 587. The van der Waals surface area contributed by atoms with Gasteiger partial charge in [0.25, 0.3) is 0 Å². The van der Waals surface area contributed by atoms with Crippen LogP contribution in [0.3, 0.4) is 0 Å². The molecule has 3 amide bonds. The molecule has 3 rings (SSSR count). The summed E-state index contributed by atoms with van der Waals surface area (Å²) in [6.07, 6.45) is 0. The van der Waals surface area contributed by atoms with E-state index in [2.05, 4.69) is 21.7 Å². The molecule has 0 unspecified atom stereocenters. The number of hydrogen-bond acceptors (Lipinski definition) is 5. The van der Waals surface area contributed by atoms with Crippen LogP contribution in [-0.2, 0) is 4.79 Å². The Labute approximate surface area is 157 Å². The quantitative estimate of drug-likeness (QED) is 0.847. The van der Waals surface area contributed by atoms with Crippen LogP contribution in [0.4, 0.5) is 4.79 Å². The van der Waals surface area contributed by atoms with E-state index in [4.69, 9.17) is 0 Å². The van der Waals surface area contributed by atoms with Gasteiger partial charge in [-0.3, -0.25) is 9.69 Å². The number of nitrogens with one attached hydrogen (secondary N) is 1. The first kappa shape index (κ1) is 18.5. The van der Waals surface area contributed by atoms with Crippen LogP contribution in [0.1, 0.15) is 24.1 Å². The molecule has 0 radical (unpaired) electrons. The molecule has 2 atom stereocenters. The maximum Gasteiger partial charge on any atom is 0.317 e. The number of carbonyl (C=O) groups is 2. The van der Waals surface area contributed by atoms with Gasteiger partial charge in [-0.05, 0) is 25.3 Å². The Hall–Kier alpha value is -1.25. The molecule has 0 aromatic carbocycles. The Morgan fingerprint density at radius 1 is 1.28 bits per heavy atom. The third-order valence-electron chi connectivity index (χ3n) is 4.68. The molecule has 3 heterocycles. The Kier molecular flexibility index (Phi) is 6.24. The third-order valence-corrected chi connectivity index (χ3v) is 7.13. The van der Waals surface area contributed by atoms with E-state index in [1.807, 2.05) is 29.7 Å². The van der Waals surface area contributed by atoms with Crippen molar-refractivity contribution in [3.05, 3.63) is 22.4 Å². The highest BCUT2D eigenvalue weighted by Crippen LogP contribution is 2.44. The molecule has 1 aromatic heterocycles. The fraction of sp³-hybridized carbons (Fsp3) is 0.647. The number of thioether (sulfide) groups is 1. The molecule has 138 valence electrons. The molecular formula is C17H26N4O2S2. The van der Waals surface area contributed by atoms with Gasteiger partial charge in [0.15, 0.2) is 0 Å². The highest BCUT2D eigenvalue weighted by Gasteiger charge is 2.38. The van der Waals surface area contributed by atoms with Gasteiger partial charge in [0.05, 0.1) is 5.25 Å². The van der Waals surface area contributed by atoms with Gasteiger partial charge < -0.3 is 15.1 Å². The zero-order valence-electron chi connectivity index (χ0n) is 14.8. The maximum absolute atomic E-state index is 12.5. The Balaban J connectivity index is 1.51. The maximum atomic E-state index is 12.5. The molecule has 8 heteroatoms. The summed E-state index contributed by atoms with van der Waals surface area (Å²) >= 11 is 3.46. The van der Waals surface area contributed by atoms with Crippen LogP contribution in [0.25, 0.3) is 0 Å². The molecule has 1 aromatic rings. The summed E-state index contributed by atoms with van der Waals surface area (Å²) in [5.74, 6) is 0.240. The van der Waals surface area contributed by atoms with Crippen molar-refractivity contribution >= 4 is 35.0 Å². The van der Waals surface area contributed by atoms with Crippen LogP contribution >= 0.6 is 23.1 Å². The minimum Gasteiger partial charge on any atom is -0.338 e. The van der Waals surface area contributed by atoms with Crippen LogP contribution in [0.5, 0.6) is 0 Å². The summed E-state index contributed by atoms with van der Waals surface area (Å²) in [5.41, 5.74) is 0. The highest BCUT2D eigenvalue weighted by molar-refractivity contribution is 8.01. The zero-order chi connectivity index (χ0) is 17.8. The van der Waals surface area contributed by atoms with E-state index in [1.54, 1.807) is 23.1 Å². The molecule has 0 aliphatic carbocycles. The molecule has 2 saturated heterocycles. The van der Waals surface area contributed by atoms with Crippen molar-refractivity contribution in [1.82, 2.24) is 20.0 Å². The first-order valence-corrected chi connectivity index (χ1v) is 10.7. The van der Waals surface area contributed by atoms with Gasteiger partial charge in [-0.15, -0.1) is 23.1 Å². The summed E-state index contributed by atoms with van der Waals surface area (Å²) in [4.78, 5) is 31.9. The van der Waals surface area contributed by atoms with Crippen LogP contribution in [0.15, 0.2) is 17.5 Å². The van der Waals surface area contributed by atoms with Crippen molar-refractivity contribution < 1.29 is 9.59 Å². The second-order valence-corrected chi connectivity index (χ2v) is 8.75. The monoisotopic (exact) mass is 382 g/mol. The van der Waals surface area contributed by atoms with Gasteiger partial charge in [-0.25, -0.2) is 4.79 Å². The minimum absolute atomic E-state index is 0.0276. The van der Waals surface area contributed by atoms with Gasteiger partial charge in [-0.1, -0.05) is 6.07 Å². The van der Waals surface area contributed by atoms with E-state index < -0.39 is 0 Å². The van der Waals surface area contributed by atoms with Crippen molar-refractivity contribution in [2.75, 3.05) is 45.8 Å². The zero-order valence-corrected chi connectivity index (χ0v) is 16.4. The van der Waals surface area contributed by atoms with Gasteiger partial charge in [0.1, 0.15) is 5.37 Å². The number of amides is 3. The van der Waals surface area contributed by atoms with Crippen molar-refractivity contribution in [3.8, 4) is 0 Å². The van der Waals surface area contributed by atoms with E-state index >= 15 is 0 Å². The normalized spacial score (nSPS) is 24.8. The molecule has 25 heavy (non-hydrogen) atoms. The lowest BCUT2D eigenvalue weighted by molar-refractivity contribution is -0.130. The Morgan fingerprint density at radius 3 is 2.68 bits per heavy atom. The molecule has 2 aliphatic heterocycles. The van der Waals surface area contributed by atoms with E-state index in [0.717, 1.165) is 39.3 Å².